The first-order chi connectivity index (χ1) is 10.1. The number of anilines is 1. The Labute approximate surface area is 127 Å². The van der Waals surface area contributed by atoms with E-state index >= 15 is 0 Å². The largest absolute Gasteiger partial charge is 0.464 e. The number of nitrogens with zero attached hydrogens (tertiary/aromatic N) is 2. The maximum Gasteiger partial charge on any atom is 0.358 e. The summed E-state index contributed by atoms with van der Waals surface area (Å²) in [6.07, 6.45) is 2.40. The Morgan fingerprint density at radius 1 is 1.38 bits per heavy atom. The Balaban J connectivity index is 1.79. The number of thiazole rings is 1. The molecule has 7 heteroatoms. The first-order valence-corrected chi connectivity index (χ1v) is 7.99. The third-order valence-corrected chi connectivity index (χ3v) is 5.38. The molecule has 3 aliphatic rings. The van der Waals surface area contributed by atoms with Gasteiger partial charge in [-0.3, -0.25) is 4.79 Å². The summed E-state index contributed by atoms with van der Waals surface area (Å²) in [6, 6.07) is 0.351. The number of esters is 1. The van der Waals surface area contributed by atoms with Crippen molar-refractivity contribution in [3.05, 3.63) is 10.6 Å². The molecule has 3 saturated heterocycles. The van der Waals surface area contributed by atoms with E-state index in [0.29, 0.717) is 22.0 Å². The van der Waals surface area contributed by atoms with Crippen LogP contribution in [0.4, 0.5) is 5.13 Å². The zero-order valence-electron chi connectivity index (χ0n) is 12.2. The van der Waals surface area contributed by atoms with Crippen molar-refractivity contribution in [3.8, 4) is 0 Å². The number of methoxy groups -OCH3 is 1. The van der Waals surface area contributed by atoms with E-state index < -0.39 is 5.97 Å². The van der Waals surface area contributed by atoms with Crippen LogP contribution >= 0.6 is 11.3 Å². The number of carbonyl (C=O) groups excluding carboxylic acids is 2. The molecule has 0 spiro atoms. The first kappa shape index (κ1) is 14.5. The number of fused-ring (bicyclic) bond motifs is 3. The van der Waals surface area contributed by atoms with Gasteiger partial charge in [-0.2, -0.15) is 0 Å². The van der Waals surface area contributed by atoms with Gasteiger partial charge in [-0.25, -0.2) is 9.78 Å². The number of piperidine rings is 3. The second-order valence-electron chi connectivity index (χ2n) is 5.63. The van der Waals surface area contributed by atoms with E-state index in [0.717, 1.165) is 6.54 Å². The number of carbonyl (C=O) groups is 2. The number of hydrogen-bond donors (Lipinski definition) is 1. The summed E-state index contributed by atoms with van der Waals surface area (Å²) in [7, 11) is 1.30. The fourth-order valence-electron chi connectivity index (χ4n) is 3.14. The topological polar surface area (TPSA) is 71.5 Å². The fraction of sp³-hybridized carbons (Fsp3) is 0.643. The van der Waals surface area contributed by atoms with Gasteiger partial charge in [0.15, 0.2) is 16.6 Å². The smallest absolute Gasteiger partial charge is 0.358 e. The van der Waals surface area contributed by atoms with Crippen LogP contribution in [-0.2, 0) is 4.74 Å². The molecule has 114 valence electrons. The molecule has 0 radical (unpaired) electrons. The van der Waals surface area contributed by atoms with Crippen LogP contribution in [0.25, 0.3) is 0 Å². The third-order valence-electron chi connectivity index (χ3n) is 4.29. The molecule has 0 saturated carbocycles. The Kier molecular flexibility index (Phi) is 3.95. The maximum absolute atomic E-state index is 11.7. The van der Waals surface area contributed by atoms with Crippen LogP contribution in [0.5, 0.6) is 0 Å². The Hall–Kier alpha value is -1.47. The molecule has 6 nitrogen and oxygen atoms in total. The van der Waals surface area contributed by atoms with Crippen LogP contribution < -0.4 is 5.32 Å². The van der Waals surface area contributed by atoms with Gasteiger partial charge in [-0.1, -0.05) is 11.3 Å². The van der Waals surface area contributed by atoms with Gasteiger partial charge < -0.3 is 15.0 Å². The summed E-state index contributed by atoms with van der Waals surface area (Å²) in [5.74, 6) is -0.0606. The maximum atomic E-state index is 11.7. The predicted molar refractivity (Wildman–Crippen MR) is 80.0 cm³/mol. The van der Waals surface area contributed by atoms with Crippen molar-refractivity contribution in [1.29, 1.82) is 0 Å². The molecule has 0 aromatic carbocycles. The molecular formula is C14H19N3O3S. The van der Waals surface area contributed by atoms with E-state index in [9.17, 15) is 9.59 Å². The molecule has 3 fully saturated rings. The molecule has 0 amide bonds. The Bertz CT molecular complexity index is 564. The van der Waals surface area contributed by atoms with Crippen LogP contribution in [0.2, 0.25) is 0 Å². The molecule has 4 heterocycles. The molecule has 21 heavy (non-hydrogen) atoms. The number of ketones is 1. The highest BCUT2D eigenvalue weighted by Crippen LogP contribution is 2.32. The van der Waals surface area contributed by atoms with Gasteiger partial charge in [-0.05, 0) is 31.8 Å². The van der Waals surface area contributed by atoms with Crippen LogP contribution in [0, 0.1) is 5.92 Å². The standard InChI is InChI=1S/C14H19N3O3S/c1-8(18)12-11(13(19)20-2)16-14(21-12)15-10-7-17-5-3-9(10)4-6-17/h9-10H,3-7H2,1-2H3,(H,15,16). The average molecular weight is 309 g/mol. The molecule has 2 bridgehead atoms. The number of nitrogens with one attached hydrogen (secondary N) is 1. The Morgan fingerprint density at radius 2 is 2.10 bits per heavy atom. The van der Waals surface area contributed by atoms with Gasteiger partial charge in [-0.15, -0.1) is 0 Å². The van der Waals surface area contributed by atoms with Crippen molar-refractivity contribution < 1.29 is 14.3 Å². The Morgan fingerprint density at radius 3 is 2.62 bits per heavy atom. The summed E-state index contributed by atoms with van der Waals surface area (Å²) in [5, 5.41) is 4.05. The third kappa shape index (κ3) is 2.80. The van der Waals surface area contributed by atoms with Gasteiger partial charge in [0.05, 0.1) is 7.11 Å². The normalized spacial score (nSPS) is 27.4. The number of Topliss-reactive ketones (excluding diaryl/α,β-unsaturated/α-hetero) is 1. The SMILES string of the molecule is COC(=O)c1nc(NC2CN3CCC2CC3)sc1C(C)=O. The zero-order chi connectivity index (χ0) is 15.0. The summed E-state index contributed by atoms with van der Waals surface area (Å²) >= 11 is 1.24. The summed E-state index contributed by atoms with van der Waals surface area (Å²) in [5.41, 5.74) is 0.124. The molecule has 4 rings (SSSR count). The van der Waals surface area contributed by atoms with Crippen LogP contribution in [0.3, 0.4) is 0 Å². The van der Waals surface area contributed by atoms with Gasteiger partial charge in [0.25, 0.3) is 0 Å². The first-order valence-electron chi connectivity index (χ1n) is 7.17. The van der Waals surface area contributed by atoms with Crippen molar-refractivity contribution in [1.82, 2.24) is 9.88 Å². The van der Waals surface area contributed by atoms with E-state index in [1.54, 1.807) is 0 Å². The molecular weight excluding hydrogens is 290 g/mol. The lowest BCUT2D eigenvalue weighted by Gasteiger charge is -2.44. The van der Waals surface area contributed by atoms with Crippen LogP contribution in [-0.4, -0.2) is 54.4 Å². The van der Waals surface area contributed by atoms with Crippen molar-refractivity contribution in [2.75, 3.05) is 32.1 Å². The minimum atomic E-state index is -0.557. The molecule has 1 unspecified atom stereocenters. The molecule has 1 aromatic heterocycles. The average Bonchev–Trinajstić information content (AvgIpc) is 2.92. The van der Waals surface area contributed by atoms with E-state index in [1.165, 1.54) is 51.3 Å². The summed E-state index contributed by atoms with van der Waals surface area (Å²) < 4.78 is 4.70. The lowest BCUT2D eigenvalue weighted by Crippen LogP contribution is -2.53. The summed E-state index contributed by atoms with van der Waals surface area (Å²) in [4.78, 5) is 30.4. The van der Waals surface area contributed by atoms with Crippen molar-refractivity contribution in [2.45, 2.75) is 25.8 Å². The summed E-state index contributed by atoms with van der Waals surface area (Å²) in [6.45, 7) is 4.80. The van der Waals surface area contributed by atoms with E-state index in [-0.39, 0.29) is 11.5 Å². The second-order valence-corrected chi connectivity index (χ2v) is 6.63. The minimum Gasteiger partial charge on any atom is -0.464 e. The quantitative estimate of drug-likeness (QED) is 0.673. The highest BCUT2D eigenvalue weighted by Gasteiger charge is 2.35. The molecule has 1 aromatic rings. The number of ether oxygens (including phenoxy) is 1. The van der Waals surface area contributed by atoms with E-state index in [1.807, 2.05) is 0 Å². The van der Waals surface area contributed by atoms with Gasteiger partial charge >= 0.3 is 5.97 Å². The van der Waals surface area contributed by atoms with E-state index in [2.05, 4.69) is 15.2 Å². The molecule has 1 N–H and O–H groups in total. The molecule has 1 atom stereocenters. The van der Waals surface area contributed by atoms with Gasteiger partial charge in [0, 0.05) is 19.5 Å². The van der Waals surface area contributed by atoms with Crippen LogP contribution in [0.1, 0.15) is 39.9 Å². The highest BCUT2D eigenvalue weighted by atomic mass is 32.1. The van der Waals surface area contributed by atoms with Gasteiger partial charge in [0.2, 0.25) is 0 Å². The van der Waals surface area contributed by atoms with E-state index in [4.69, 9.17) is 4.74 Å². The second kappa shape index (κ2) is 5.73. The number of aromatic nitrogens is 1. The monoisotopic (exact) mass is 309 g/mol. The number of rotatable bonds is 4. The fourth-order valence-corrected chi connectivity index (χ4v) is 4.05. The molecule has 3 aliphatic heterocycles. The van der Waals surface area contributed by atoms with Crippen LogP contribution in [0.15, 0.2) is 0 Å². The number of hydrogen-bond acceptors (Lipinski definition) is 7. The van der Waals surface area contributed by atoms with Crippen molar-refractivity contribution in [3.63, 3.8) is 0 Å². The lowest BCUT2D eigenvalue weighted by molar-refractivity contribution is 0.0591. The van der Waals surface area contributed by atoms with Crippen molar-refractivity contribution in [2.24, 2.45) is 5.92 Å². The minimum absolute atomic E-state index is 0.124. The predicted octanol–water partition coefficient (Wildman–Crippen LogP) is 1.64. The van der Waals surface area contributed by atoms with Crippen molar-refractivity contribution >= 4 is 28.2 Å². The zero-order valence-corrected chi connectivity index (χ0v) is 13.0. The highest BCUT2D eigenvalue weighted by molar-refractivity contribution is 7.17. The lowest BCUT2D eigenvalue weighted by atomic mass is 9.84. The molecule has 0 aliphatic carbocycles. The van der Waals surface area contributed by atoms with Gasteiger partial charge in [0.1, 0.15) is 4.88 Å².